The Morgan fingerprint density at radius 2 is 1.25 bits per heavy atom. The van der Waals surface area contributed by atoms with Crippen LogP contribution in [0.1, 0.15) is 0 Å². The third-order valence-electron chi connectivity index (χ3n) is 0. The van der Waals surface area contributed by atoms with Crippen LogP contribution in [0.3, 0.4) is 0 Å². The van der Waals surface area contributed by atoms with E-state index in [1.165, 1.54) is 0 Å². The van der Waals surface area contributed by atoms with Gasteiger partial charge in [0.1, 0.15) is 0 Å². The van der Waals surface area contributed by atoms with Crippen LogP contribution in [0.4, 0.5) is 0 Å². The zero-order chi connectivity index (χ0) is 2.00. The van der Waals surface area contributed by atoms with Gasteiger partial charge in [0.05, 0.1) is 0 Å². The van der Waals surface area contributed by atoms with Crippen molar-refractivity contribution in [1.29, 1.82) is 0 Å². The quantitative estimate of drug-likeness (QED) is 0.569. The topological polar surface area (TPSA) is 20.2 Å². The van der Waals surface area contributed by atoms with E-state index in [0.717, 1.165) is 0 Å². The molecule has 0 aliphatic carbocycles. The van der Waals surface area contributed by atoms with E-state index in [9.17, 15) is 0 Å². The monoisotopic (exact) mass is 248 g/mol. The van der Waals surface area contributed by atoms with Crippen LogP contribution in [0, 0.1) is 0 Å². The summed E-state index contributed by atoms with van der Waals surface area (Å²) in [6.07, 6.45) is 0. The van der Waals surface area contributed by atoms with E-state index in [4.69, 9.17) is 4.22 Å². The van der Waals surface area contributed by atoms with Crippen molar-refractivity contribution in [2.45, 2.75) is 0 Å². The zero-order valence-corrected chi connectivity index (χ0v) is 7.87. The minimum absolute atomic E-state index is 0. The Morgan fingerprint density at radius 3 is 1.25 bits per heavy atom. The molecule has 1 nitrogen and oxygen atoms in total. The van der Waals surface area contributed by atoms with Gasteiger partial charge in [-0.05, 0) is 0 Å². The van der Waals surface area contributed by atoms with Gasteiger partial charge in [-0.2, -0.15) is 0 Å². The summed E-state index contributed by atoms with van der Waals surface area (Å²) in [4.78, 5) is 0. The van der Waals surface area contributed by atoms with Gasteiger partial charge >= 0.3 is 20.3 Å². The molecule has 0 heterocycles. The van der Waals surface area contributed by atoms with Gasteiger partial charge in [0.15, 0.2) is 0 Å². The molecule has 0 aromatic heterocycles. The second-order valence-corrected chi connectivity index (χ2v) is 0. The first kappa shape index (κ1) is 16.9. The molecule has 0 aromatic carbocycles. The molecule has 0 aliphatic rings. The van der Waals surface area contributed by atoms with E-state index in [1.807, 2.05) is 0 Å². The second kappa shape index (κ2) is 20.8. The van der Waals surface area contributed by atoms with Gasteiger partial charge < -0.3 is 0 Å². The van der Waals surface area contributed by atoms with Gasteiger partial charge in [0.2, 0.25) is 0 Å². The zero-order valence-electron chi connectivity index (χ0n) is 1.80. The predicted octanol–water partition coefficient (Wildman–Crippen LogP) is -0.565. The minimum atomic E-state index is 0. The Morgan fingerprint density at radius 1 is 1.25 bits per heavy atom. The van der Waals surface area contributed by atoms with Crippen LogP contribution >= 0.6 is 0 Å². The molecule has 0 bridgehead atoms. The summed E-state index contributed by atoms with van der Waals surface area (Å²) in [7, 11) is 0. The molecule has 0 rings (SSSR count). The van der Waals surface area contributed by atoms with Gasteiger partial charge in [0, 0.05) is 43.8 Å². The fraction of sp³-hybridized carbons (Fsp3) is 0. The summed E-state index contributed by atoms with van der Waals surface area (Å²) in [5, 5.41) is 0. The molecule has 0 amide bonds. The van der Waals surface area contributed by atoms with E-state index in [-0.39, 0.29) is 43.8 Å². The first-order valence-electron chi connectivity index (χ1n) is 0.149. The Hall–Kier alpha value is 1.88. The van der Waals surface area contributed by atoms with Crippen LogP contribution in [0.15, 0.2) is 0 Å². The summed E-state index contributed by atoms with van der Waals surface area (Å²) in [5.41, 5.74) is 0. The van der Waals surface area contributed by atoms with Gasteiger partial charge in [-0.1, -0.05) is 0 Å². The van der Waals surface area contributed by atoms with Crippen molar-refractivity contribution < 1.29 is 64.1 Å². The molecule has 0 radical (unpaired) electrons. The normalized spacial score (nSPS) is 1.75. The van der Waals surface area contributed by atoms with Crippen molar-refractivity contribution in [3.63, 3.8) is 0 Å². The van der Waals surface area contributed by atoms with Crippen LogP contribution in [0.25, 0.3) is 0 Å². The van der Waals surface area contributed by atoms with Crippen LogP contribution in [0.2, 0.25) is 0 Å². The maximum atomic E-state index is 6.69. The summed E-state index contributed by atoms with van der Waals surface area (Å²) < 4.78 is 6.69. The van der Waals surface area contributed by atoms with Gasteiger partial charge in [-0.15, -0.1) is 0 Å². The summed E-state index contributed by atoms with van der Waals surface area (Å²) in [5.74, 6) is 0. The molecule has 4 heteroatoms. The van der Waals surface area contributed by atoms with Crippen molar-refractivity contribution in [3.05, 3.63) is 0 Å². The van der Waals surface area contributed by atoms with E-state index in [0.29, 0.717) is 0 Å². The molecule has 1 N–H and O–H groups in total. The van der Waals surface area contributed by atoms with Gasteiger partial charge in [-0.25, -0.2) is 0 Å². The summed E-state index contributed by atoms with van der Waals surface area (Å²) in [6, 6.07) is 0. The molecular formula is HCdCoNiO. The van der Waals surface area contributed by atoms with Crippen molar-refractivity contribution >= 4 is 0 Å². The van der Waals surface area contributed by atoms with Gasteiger partial charge in [-0.3, -0.25) is 0 Å². The molecule has 0 spiro atoms. The predicted molar refractivity (Wildman–Crippen MR) is 2.22 cm³/mol. The maximum absolute atomic E-state index is 6.69. The number of rotatable bonds is 0. The summed E-state index contributed by atoms with van der Waals surface area (Å²) >= 11 is 2.56. The van der Waals surface area contributed by atoms with Crippen LogP contribution < -0.4 is 0 Å². The van der Waals surface area contributed by atoms with Crippen LogP contribution in [-0.2, 0) is 59.9 Å². The third kappa shape index (κ3) is 9.10. The Bertz CT molecular complexity index is 8.00. The molecule has 0 unspecified atom stereocenters. The fourth-order valence-corrected chi connectivity index (χ4v) is 0. The third-order valence-corrected chi connectivity index (χ3v) is 0. The standard InChI is InChI=1S/Cd.Co.Ni.H2O/h;;;1H2/q;+1;;/p-1. The average molecular weight is 247 g/mol. The molecule has 0 atom stereocenters. The molecule has 0 saturated carbocycles. The van der Waals surface area contributed by atoms with E-state index >= 15 is 0 Å². The second-order valence-electron chi connectivity index (χ2n) is 0. The molecule has 4 heavy (non-hydrogen) atoms. The van der Waals surface area contributed by atoms with E-state index in [2.05, 4.69) is 16.1 Å². The van der Waals surface area contributed by atoms with Crippen molar-refractivity contribution in [1.82, 2.24) is 0 Å². The molecule has 0 aromatic rings. The molecule has 0 saturated heterocycles. The Balaban J connectivity index is -0.00000000500. The van der Waals surface area contributed by atoms with Crippen LogP contribution in [0.5, 0.6) is 0 Å². The molecular weight excluding hydrogens is 246 g/mol. The van der Waals surface area contributed by atoms with Crippen LogP contribution in [-0.4, -0.2) is 4.22 Å². The summed E-state index contributed by atoms with van der Waals surface area (Å²) in [6.45, 7) is 0. The molecule has 28 valence electrons. The molecule has 0 aliphatic heterocycles. The number of hydrogen-bond acceptors (Lipinski definition) is 1. The van der Waals surface area contributed by atoms with Gasteiger partial charge in [0.25, 0.3) is 0 Å². The Labute approximate surface area is 63.5 Å². The number of hydrogen-bond donors (Lipinski definition) is 1. The Kier molecular flexibility index (Phi) is 87.6. The van der Waals surface area contributed by atoms with Crippen molar-refractivity contribution in [2.24, 2.45) is 0 Å². The fourth-order valence-electron chi connectivity index (χ4n) is 0. The SMILES string of the molecule is [Cd].[Ni].[OH][Co]. The first-order valence-corrected chi connectivity index (χ1v) is 0.615. The first-order chi connectivity index (χ1) is 1.00. The molecule has 0 fully saturated rings. The average Bonchev–Trinajstić information content (AvgIpc) is 1.00. The van der Waals surface area contributed by atoms with E-state index in [1.54, 1.807) is 0 Å². The van der Waals surface area contributed by atoms with Crippen molar-refractivity contribution in [3.8, 4) is 0 Å². The van der Waals surface area contributed by atoms with E-state index < -0.39 is 0 Å². The van der Waals surface area contributed by atoms with Crippen molar-refractivity contribution in [2.75, 3.05) is 0 Å².